The molecule has 1 spiro atoms. The third kappa shape index (κ3) is 4.68. The first kappa shape index (κ1) is 32.6. The second kappa shape index (κ2) is 12.7. The van der Waals surface area contributed by atoms with E-state index in [1.165, 1.54) is 55.3 Å². The van der Waals surface area contributed by atoms with Gasteiger partial charge in [-0.1, -0.05) is 146 Å². The van der Waals surface area contributed by atoms with Gasteiger partial charge in [0.25, 0.3) is 0 Å². The zero-order valence-corrected chi connectivity index (χ0v) is 31.6. The highest BCUT2D eigenvalue weighted by Gasteiger charge is 2.51. The van der Waals surface area contributed by atoms with Gasteiger partial charge in [0.15, 0.2) is 0 Å². The molecule has 2 aliphatic rings. The fourth-order valence-electron chi connectivity index (χ4n) is 9.80. The lowest BCUT2D eigenvalue weighted by Gasteiger charge is -2.39. The molecule has 1 aliphatic carbocycles. The molecule has 1 aromatic heterocycles. The van der Waals surface area contributed by atoms with Gasteiger partial charge >= 0.3 is 0 Å². The SMILES string of the molecule is c1ccc(N(c2ccccc2)c2ccc(-c3ccc(-n4c5ccccc5c5cc6c(cc54)Oc4ccccc4C64c5ccccc5-c5ccccc54)cc3)cc2)cc1. The number of anilines is 3. The lowest BCUT2D eigenvalue weighted by atomic mass is 9.66. The van der Waals surface area contributed by atoms with Crippen molar-refractivity contribution in [3.63, 3.8) is 0 Å². The molecule has 0 N–H and O–H groups in total. The summed E-state index contributed by atoms with van der Waals surface area (Å²) >= 11 is 0. The van der Waals surface area contributed by atoms with E-state index in [0.717, 1.165) is 45.3 Å². The third-order valence-electron chi connectivity index (χ3n) is 12.3. The predicted octanol–water partition coefficient (Wildman–Crippen LogP) is 14.4. The highest BCUT2D eigenvalue weighted by atomic mass is 16.5. The minimum atomic E-state index is -0.509. The average Bonchev–Trinajstić information content (AvgIpc) is 3.77. The average molecular weight is 741 g/mol. The van der Waals surface area contributed by atoms with Crippen molar-refractivity contribution in [1.29, 1.82) is 0 Å². The highest BCUT2D eigenvalue weighted by Crippen LogP contribution is 2.62. The van der Waals surface area contributed by atoms with Crippen molar-refractivity contribution in [2.75, 3.05) is 4.90 Å². The zero-order valence-electron chi connectivity index (χ0n) is 31.6. The first-order chi connectivity index (χ1) is 28.8. The van der Waals surface area contributed by atoms with Crippen molar-refractivity contribution in [3.8, 4) is 39.4 Å². The van der Waals surface area contributed by atoms with E-state index >= 15 is 0 Å². The lowest BCUT2D eigenvalue weighted by Crippen LogP contribution is -2.32. The van der Waals surface area contributed by atoms with Gasteiger partial charge in [0.2, 0.25) is 0 Å². The Bertz CT molecular complexity index is 3100. The molecule has 10 aromatic rings. The predicted molar refractivity (Wildman–Crippen MR) is 238 cm³/mol. The molecule has 58 heavy (non-hydrogen) atoms. The maximum Gasteiger partial charge on any atom is 0.134 e. The fraction of sp³-hybridized carbons (Fsp3) is 0.0182. The summed E-state index contributed by atoms with van der Waals surface area (Å²) in [6, 6.07) is 78.8. The van der Waals surface area contributed by atoms with Crippen LogP contribution < -0.4 is 9.64 Å². The van der Waals surface area contributed by atoms with Crippen LogP contribution in [0.15, 0.2) is 218 Å². The van der Waals surface area contributed by atoms with E-state index in [4.69, 9.17) is 4.74 Å². The molecule has 0 amide bonds. The van der Waals surface area contributed by atoms with Gasteiger partial charge in [-0.05, 0) is 100 Å². The summed E-state index contributed by atoms with van der Waals surface area (Å²) in [4.78, 5) is 2.29. The normalized spacial score (nSPS) is 13.1. The Morgan fingerprint density at radius 3 is 1.53 bits per heavy atom. The number of para-hydroxylation sites is 4. The van der Waals surface area contributed by atoms with Crippen LogP contribution in [0.5, 0.6) is 11.5 Å². The van der Waals surface area contributed by atoms with Crippen molar-refractivity contribution in [2.24, 2.45) is 0 Å². The largest absolute Gasteiger partial charge is 0.457 e. The van der Waals surface area contributed by atoms with E-state index < -0.39 is 5.41 Å². The Morgan fingerprint density at radius 1 is 0.362 bits per heavy atom. The first-order valence-electron chi connectivity index (χ1n) is 19.9. The minimum Gasteiger partial charge on any atom is -0.457 e. The molecule has 0 bridgehead atoms. The number of hydrogen-bond acceptors (Lipinski definition) is 2. The molecule has 1 aliphatic heterocycles. The fourth-order valence-corrected chi connectivity index (χ4v) is 9.80. The molecule has 0 radical (unpaired) electrons. The minimum absolute atomic E-state index is 0.509. The number of rotatable bonds is 5. The molecular formula is C55H36N2O. The summed E-state index contributed by atoms with van der Waals surface area (Å²) in [7, 11) is 0. The number of fused-ring (bicyclic) bond motifs is 12. The van der Waals surface area contributed by atoms with Crippen molar-refractivity contribution in [1.82, 2.24) is 4.57 Å². The van der Waals surface area contributed by atoms with Crippen LogP contribution in [0.4, 0.5) is 17.1 Å². The number of nitrogens with zero attached hydrogens (tertiary/aromatic N) is 2. The summed E-state index contributed by atoms with van der Waals surface area (Å²) < 4.78 is 9.32. The summed E-state index contributed by atoms with van der Waals surface area (Å²) in [5, 5.41) is 2.43. The lowest BCUT2D eigenvalue weighted by molar-refractivity contribution is 0.437. The molecule has 272 valence electrons. The van der Waals surface area contributed by atoms with Crippen LogP contribution in [0.25, 0.3) is 49.7 Å². The number of benzene rings is 9. The molecule has 9 aromatic carbocycles. The van der Waals surface area contributed by atoms with Crippen molar-refractivity contribution < 1.29 is 4.74 Å². The van der Waals surface area contributed by atoms with E-state index in [0.29, 0.717) is 0 Å². The van der Waals surface area contributed by atoms with Crippen molar-refractivity contribution in [3.05, 3.63) is 241 Å². The molecule has 0 saturated heterocycles. The van der Waals surface area contributed by atoms with Gasteiger partial charge in [-0.25, -0.2) is 0 Å². The molecular weight excluding hydrogens is 705 g/mol. The van der Waals surface area contributed by atoms with Crippen molar-refractivity contribution in [2.45, 2.75) is 5.41 Å². The highest BCUT2D eigenvalue weighted by molar-refractivity contribution is 6.10. The summed E-state index contributed by atoms with van der Waals surface area (Å²) in [5.74, 6) is 1.79. The van der Waals surface area contributed by atoms with Gasteiger partial charge in [0, 0.05) is 50.7 Å². The smallest absolute Gasteiger partial charge is 0.134 e. The molecule has 2 heterocycles. The van der Waals surface area contributed by atoms with E-state index in [1.807, 2.05) is 0 Å². The Kier molecular flexibility index (Phi) is 7.14. The molecule has 0 unspecified atom stereocenters. The summed E-state index contributed by atoms with van der Waals surface area (Å²) in [5.41, 5.74) is 16.1. The van der Waals surface area contributed by atoms with E-state index in [9.17, 15) is 0 Å². The number of hydrogen-bond donors (Lipinski definition) is 0. The second-order valence-electron chi connectivity index (χ2n) is 15.3. The monoisotopic (exact) mass is 740 g/mol. The molecule has 0 fully saturated rings. The maximum absolute atomic E-state index is 6.93. The maximum atomic E-state index is 6.93. The van der Waals surface area contributed by atoms with Gasteiger partial charge in [0.1, 0.15) is 11.5 Å². The molecule has 0 atom stereocenters. The first-order valence-corrected chi connectivity index (χ1v) is 19.9. The van der Waals surface area contributed by atoms with Gasteiger partial charge in [-0.3, -0.25) is 0 Å². The summed E-state index contributed by atoms with van der Waals surface area (Å²) in [6.45, 7) is 0. The Hall–Kier alpha value is -7.62. The number of aromatic nitrogens is 1. The quantitative estimate of drug-likeness (QED) is 0.175. The van der Waals surface area contributed by atoms with E-state index in [-0.39, 0.29) is 0 Å². The number of ether oxygens (including phenoxy) is 1. The van der Waals surface area contributed by atoms with Gasteiger partial charge in [-0.2, -0.15) is 0 Å². The Labute approximate surface area is 337 Å². The Balaban J connectivity index is 0.985. The van der Waals surface area contributed by atoms with Crippen LogP contribution in [-0.4, -0.2) is 4.57 Å². The Morgan fingerprint density at radius 2 is 0.879 bits per heavy atom. The van der Waals surface area contributed by atoms with Crippen LogP contribution in [-0.2, 0) is 5.41 Å². The van der Waals surface area contributed by atoms with Crippen molar-refractivity contribution >= 4 is 38.9 Å². The van der Waals surface area contributed by atoms with Crippen LogP contribution in [0.2, 0.25) is 0 Å². The van der Waals surface area contributed by atoms with Crippen LogP contribution in [0.1, 0.15) is 22.3 Å². The molecule has 3 nitrogen and oxygen atoms in total. The zero-order chi connectivity index (χ0) is 38.2. The van der Waals surface area contributed by atoms with Crippen LogP contribution >= 0.6 is 0 Å². The molecule has 3 heteroatoms. The molecule has 12 rings (SSSR count). The standard InChI is InChI=1S/C55H36N2O/c1-3-15-39(16-4-1)56(40-17-5-2-6-18-40)41-31-27-37(28-32-41)38-29-33-42(34-30-38)57-51-25-13-9-21-45(51)46-35-50-54(36-52(46)57)58-53-26-14-12-24-49(53)55(50)47-22-10-7-19-43(47)44-20-8-11-23-48(44)55/h1-36H. The van der Waals surface area contributed by atoms with Gasteiger partial charge in [-0.15, -0.1) is 0 Å². The third-order valence-corrected chi connectivity index (χ3v) is 12.3. The second-order valence-corrected chi connectivity index (χ2v) is 15.3. The summed E-state index contributed by atoms with van der Waals surface area (Å²) in [6.07, 6.45) is 0. The van der Waals surface area contributed by atoms with Crippen LogP contribution in [0, 0.1) is 0 Å². The van der Waals surface area contributed by atoms with Gasteiger partial charge in [0.05, 0.1) is 16.4 Å². The topological polar surface area (TPSA) is 17.4 Å². The van der Waals surface area contributed by atoms with E-state index in [2.05, 4.69) is 228 Å². The molecule has 0 saturated carbocycles. The van der Waals surface area contributed by atoms with Gasteiger partial charge < -0.3 is 14.2 Å². The van der Waals surface area contributed by atoms with Crippen LogP contribution in [0.3, 0.4) is 0 Å². The van der Waals surface area contributed by atoms with E-state index in [1.54, 1.807) is 0 Å².